The highest BCUT2D eigenvalue weighted by Crippen LogP contribution is 2.24. The summed E-state index contributed by atoms with van der Waals surface area (Å²) in [4.78, 5) is 0. The van der Waals surface area contributed by atoms with E-state index in [0.717, 1.165) is 42.9 Å². The second-order valence-corrected chi connectivity index (χ2v) is 4.20. The summed E-state index contributed by atoms with van der Waals surface area (Å²) in [5.74, 6) is 1.79. The van der Waals surface area contributed by atoms with Crippen molar-refractivity contribution < 1.29 is 9.47 Å². The van der Waals surface area contributed by atoms with E-state index in [-0.39, 0.29) is 0 Å². The van der Waals surface area contributed by atoms with Crippen LogP contribution in [0.15, 0.2) is 18.2 Å². The van der Waals surface area contributed by atoms with E-state index >= 15 is 0 Å². The van der Waals surface area contributed by atoms with Gasteiger partial charge in [-0.25, -0.2) is 0 Å². The molecular weight excluding hydrogens is 268 g/mol. The van der Waals surface area contributed by atoms with Gasteiger partial charge in [-0.2, -0.15) is 0 Å². The summed E-state index contributed by atoms with van der Waals surface area (Å²) in [6.45, 7) is 5.70. The zero-order valence-electron chi connectivity index (χ0n) is 9.96. The molecule has 0 spiro atoms. The first-order valence-electron chi connectivity index (χ1n) is 5.75. The van der Waals surface area contributed by atoms with Crippen molar-refractivity contribution in [3.05, 3.63) is 23.8 Å². The highest BCUT2D eigenvalue weighted by Gasteiger charge is 2.02. The fraction of sp³-hybridized carbons (Fsp3) is 0.538. The Bertz CT molecular complexity index is 287. The van der Waals surface area contributed by atoms with E-state index in [2.05, 4.69) is 29.8 Å². The van der Waals surface area contributed by atoms with Crippen LogP contribution in [0.5, 0.6) is 11.5 Å². The molecule has 0 N–H and O–H groups in total. The van der Waals surface area contributed by atoms with Crippen molar-refractivity contribution in [3.63, 3.8) is 0 Å². The molecule has 0 heterocycles. The number of hydrogen-bond donors (Lipinski definition) is 0. The molecular formula is C13H19BrO2. The lowest BCUT2D eigenvalue weighted by molar-refractivity contribution is 0.301. The van der Waals surface area contributed by atoms with Crippen LogP contribution in [0.25, 0.3) is 0 Å². The first-order chi connectivity index (χ1) is 7.80. The number of ether oxygens (including phenoxy) is 2. The van der Waals surface area contributed by atoms with Crippen molar-refractivity contribution in [3.8, 4) is 11.5 Å². The van der Waals surface area contributed by atoms with Crippen LogP contribution in [0.4, 0.5) is 0 Å². The molecule has 0 atom stereocenters. The van der Waals surface area contributed by atoms with Gasteiger partial charge in [-0.3, -0.25) is 0 Å². The van der Waals surface area contributed by atoms with Crippen molar-refractivity contribution in [2.75, 3.05) is 13.2 Å². The van der Waals surface area contributed by atoms with Gasteiger partial charge in [0.1, 0.15) is 11.5 Å². The Labute approximate surface area is 106 Å². The van der Waals surface area contributed by atoms with Crippen molar-refractivity contribution in [2.24, 2.45) is 0 Å². The van der Waals surface area contributed by atoms with Gasteiger partial charge in [-0.05, 0) is 30.5 Å². The monoisotopic (exact) mass is 286 g/mol. The van der Waals surface area contributed by atoms with Gasteiger partial charge in [0.25, 0.3) is 0 Å². The molecule has 1 rings (SSSR count). The molecule has 0 radical (unpaired) electrons. The summed E-state index contributed by atoms with van der Waals surface area (Å²) >= 11 is 3.45. The SMILES string of the molecule is CCCOc1cc(CBr)cc(OCCC)c1. The lowest BCUT2D eigenvalue weighted by Crippen LogP contribution is -1.99. The Morgan fingerprint density at radius 2 is 1.44 bits per heavy atom. The maximum absolute atomic E-state index is 5.62. The Hall–Kier alpha value is -0.700. The third kappa shape index (κ3) is 4.44. The van der Waals surface area contributed by atoms with Crippen LogP contribution < -0.4 is 9.47 Å². The number of alkyl halides is 1. The number of rotatable bonds is 7. The molecule has 2 nitrogen and oxygen atoms in total. The fourth-order valence-corrected chi connectivity index (χ4v) is 1.64. The molecule has 16 heavy (non-hydrogen) atoms. The van der Waals surface area contributed by atoms with E-state index in [1.165, 1.54) is 5.56 Å². The Morgan fingerprint density at radius 3 is 1.81 bits per heavy atom. The van der Waals surface area contributed by atoms with Gasteiger partial charge in [0.05, 0.1) is 13.2 Å². The van der Waals surface area contributed by atoms with Crippen LogP contribution in [0.1, 0.15) is 32.3 Å². The predicted molar refractivity (Wildman–Crippen MR) is 70.6 cm³/mol. The van der Waals surface area contributed by atoms with Gasteiger partial charge < -0.3 is 9.47 Å². The molecule has 1 aromatic carbocycles. The van der Waals surface area contributed by atoms with Crippen LogP contribution in [0.2, 0.25) is 0 Å². The second-order valence-electron chi connectivity index (χ2n) is 3.64. The number of hydrogen-bond acceptors (Lipinski definition) is 2. The fourth-order valence-electron chi connectivity index (χ4n) is 1.31. The van der Waals surface area contributed by atoms with Gasteiger partial charge in [0.15, 0.2) is 0 Å². The summed E-state index contributed by atoms with van der Waals surface area (Å²) in [6, 6.07) is 6.05. The largest absolute Gasteiger partial charge is 0.493 e. The van der Waals surface area contributed by atoms with Crippen LogP contribution in [0.3, 0.4) is 0 Å². The minimum absolute atomic E-state index is 0.749. The van der Waals surface area contributed by atoms with Gasteiger partial charge in [0.2, 0.25) is 0 Å². The molecule has 0 aromatic heterocycles. The Kier molecular flexibility index (Phi) is 6.31. The standard InChI is InChI=1S/C13H19BrO2/c1-3-5-15-12-7-11(10-14)8-13(9-12)16-6-4-2/h7-9H,3-6,10H2,1-2H3. The minimum Gasteiger partial charge on any atom is -0.493 e. The molecule has 1 aromatic rings. The molecule has 0 fully saturated rings. The maximum Gasteiger partial charge on any atom is 0.123 e. The smallest absolute Gasteiger partial charge is 0.123 e. The van der Waals surface area contributed by atoms with Crippen LogP contribution in [0, 0.1) is 0 Å². The highest BCUT2D eigenvalue weighted by molar-refractivity contribution is 9.08. The second kappa shape index (κ2) is 7.55. The summed E-state index contributed by atoms with van der Waals surface area (Å²) < 4.78 is 11.2. The topological polar surface area (TPSA) is 18.5 Å². The quantitative estimate of drug-likeness (QED) is 0.701. The van der Waals surface area contributed by atoms with Crippen molar-refractivity contribution in [2.45, 2.75) is 32.0 Å². The van der Waals surface area contributed by atoms with Crippen LogP contribution >= 0.6 is 15.9 Å². The minimum atomic E-state index is 0.749. The van der Waals surface area contributed by atoms with Gasteiger partial charge in [-0.15, -0.1) is 0 Å². The van der Waals surface area contributed by atoms with Gasteiger partial charge >= 0.3 is 0 Å². The first kappa shape index (κ1) is 13.4. The molecule has 0 unspecified atom stereocenters. The molecule has 0 bridgehead atoms. The van der Waals surface area contributed by atoms with Crippen molar-refractivity contribution in [1.29, 1.82) is 0 Å². The number of benzene rings is 1. The zero-order valence-corrected chi connectivity index (χ0v) is 11.5. The number of halogens is 1. The zero-order chi connectivity index (χ0) is 11.8. The van der Waals surface area contributed by atoms with Crippen LogP contribution in [-0.2, 0) is 5.33 Å². The molecule has 90 valence electrons. The Balaban J connectivity index is 2.74. The van der Waals surface area contributed by atoms with E-state index in [9.17, 15) is 0 Å². The third-order valence-corrected chi connectivity index (χ3v) is 2.69. The lowest BCUT2D eigenvalue weighted by atomic mass is 10.2. The van der Waals surface area contributed by atoms with E-state index in [1.807, 2.05) is 18.2 Å². The van der Waals surface area contributed by atoms with Crippen LogP contribution in [-0.4, -0.2) is 13.2 Å². The highest BCUT2D eigenvalue weighted by atomic mass is 79.9. The average Bonchev–Trinajstić information content (AvgIpc) is 2.33. The van der Waals surface area contributed by atoms with Gasteiger partial charge in [0, 0.05) is 11.4 Å². The van der Waals surface area contributed by atoms with E-state index in [4.69, 9.17) is 9.47 Å². The maximum atomic E-state index is 5.62. The Morgan fingerprint density at radius 1 is 0.938 bits per heavy atom. The first-order valence-corrected chi connectivity index (χ1v) is 6.87. The summed E-state index contributed by atoms with van der Waals surface area (Å²) in [6.07, 6.45) is 2.04. The van der Waals surface area contributed by atoms with Gasteiger partial charge in [-0.1, -0.05) is 29.8 Å². The molecule has 0 saturated carbocycles. The lowest BCUT2D eigenvalue weighted by Gasteiger charge is -2.10. The molecule has 0 aliphatic rings. The predicted octanol–water partition coefficient (Wildman–Crippen LogP) is 4.16. The van der Waals surface area contributed by atoms with Crippen molar-refractivity contribution in [1.82, 2.24) is 0 Å². The molecule has 0 aliphatic carbocycles. The van der Waals surface area contributed by atoms with Crippen molar-refractivity contribution >= 4 is 15.9 Å². The van der Waals surface area contributed by atoms with E-state index in [1.54, 1.807) is 0 Å². The molecule has 0 saturated heterocycles. The average molecular weight is 287 g/mol. The summed E-state index contributed by atoms with van der Waals surface area (Å²) in [5, 5.41) is 0.818. The summed E-state index contributed by atoms with van der Waals surface area (Å²) in [7, 11) is 0. The van der Waals surface area contributed by atoms with E-state index in [0.29, 0.717) is 0 Å². The summed E-state index contributed by atoms with van der Waals surface area (Å²) in [5.41, 5.74) is 1.18. The third-order valence-electron chi connectivity index (χ3n) is 2.04. The molecule has 0 amide bonds. The molecule has 0 aliphatic heterocycles. The molecule has 3 heteroatoms. The normalized spacial score (nSPS) is 10.2. The van der Waals surface area contributed by atoms with E-state index < -0.39 is 0 Å².